The first-order chi connectivity index (χ1) is 10.5. The maximum absolute atomic E-state index is 14.0. The Hall–Kier alpha value is -2.19. The summed E-state index contributed by atoms with van der Waals surface area (Å²) in [6.45, 7) is 2.25. The molecule has 1 aromatic heterocycles. The number of halogens is 1. The smallest absolute Gasteiger partial charge is 0.139 e. The fraction of sp³-hybridized carbons (Fsp3) is 0.412. The lowest BCUT2D eigenvalue weighted by atomic mass is 9.80. The molecule has 2 aromatic rings. The van der Waals surface area contributed by atoms with Crippen LogP contribution in [0.5, 0.6) is 0 Å². The number of nitrogens with zero attached hydrogens (tertiary/aromatic N) is 3. The number of imidazole rings is 1. The van der Waals surface area contributed by atoms with Crippen LogP contribution in [0.25, 0.3) is 0 Å². The molecule has 0 saturated heterocycles. The van der Waals surface area contributed by atoms with E-state index < -0.39 is 5.60 Å². The van der Waals surface area contributed by atoms with Gasteiger partial charge in [-0.3, -0.25) is 0 Å². The number of rotatable bonds is 5. The van der Waals surface area contributed by atoms with Crippen molar-refractivity contribution < 1.29 is 9.50 Å². The molecular formula is C17H18FN3O. The molecule has 1 aliphatic carbocycles. The SMILES string of the molecule is CC1(C(O)(Cc2ccccc2F)Cn2cncc2C#N)CC1. The summed E-state index contributed by atoms with van der Waals surface area (Å²) in [5.41, 5.74) is -0.471. The molecule has 1 heterocycles. The third-order valence-corrected chi connectivity index (χ3v) is 4.82. The average molecular weight is 299 g/mol. The van der Waals surface area contributed by atoms with E-state index in [-0.39, 0.29) is 24.2 Å². The van der Waals surface area contributed by atoms with Gasteiger partial charge in [-0.05, 0) is 29.9 Å². The standard InChI is InChI=1S/C17H18FN3O/c1-16(6-7-16)17(22,8-13-4-2-3-5-15(13)18)11-21-12-20-10-14(21)9-19/h2-5,10,12,22H,6-8,11H2,1H3. The zero-order valence-electron chi connectivity index (χ0n) is 12.5. The van der Waals surface area contributed by atoms with Crippen LogP contribution >= 0.6 is 0 Å². The monoisotopic (exact) mass is 299 g/mol. The van der Waals surface area contributed by atoms with E-state index in [1.807, 2.05) is 6.92 Å². The highest BCUT2D eigenvalue weighted by atomic mass is 19.1. The second-order valence-corrected chi connectivity index (χ2v) is 6.38. The zero-order chi connectivity index (χ0) is 15.8. The summed E-state index contributed by atoms with van der Waals surface area (Å²) in [5.74, 6) is -0.309. The maximum Gasteiger partial charge on any atom is 0.139 e. The lowest BCUT2D eigenvalue weighted by Crippen LogP contribution is -2.44. The van der Waals surface area contributed by atoms with Gasteiger partial charge in [0.2, 0.25) is 0 Å². The molecule has 1 N–H and O–H groups in total. The molecule has 22 heavy (non-hydrogen) atoms. The minimum absolute atomic E-state index is 0.221. The van der Waals surface area contributed by atoms with Crippen LogP contribution in [0.1, 0.15) is 31.0 Å². The quantitative estimate of drug-likeness (QED) is 0.923. The van der Waals surface area contributed by atoms with Crippen molar-refractivity contribution in [2.45, 2.75) is 38.3 Å². The summed E-state index contributed by atoms with van der Waals surface area (Å²) < 4.78 is 15.6. The fourth-order valence-electron chi connectivity index (χ4n) is 2.89. The summed E-state index contributed by atoms with van der Waals surface area (Å²) in [4.78, 5) is 3.96. The highest BCUT2D eigenvalue weighted by molar-refractivity contribution is 5.23. The highest BCUT2D eigenvalue weighted by Gasteiger charge is 2.55. The predicted molar refractivity (Wildman–Crippen MR) is 79.3 cm³/mol. The Morgan fingerprint density at radius 3 is 2.82 bits per heavy atom. The van der Waals surface area contributed by atoms with Gasteiger partial charge in [-0.25, -0.2) is 9.37 Å². The summed E-state index contributed by atoms with van der Waals surface area (Å²) in [6.07, 6.45) is 5.03. The molecular weight excluding hydrogens is 281 g/mol. The van der Waals surface area contributed by atoms with Gasteiger partial charge in [0.05, 0.1) is 24.7 Å². The van der Waals surface area contributed by atoms with E-state index in [4.69, 9.17) is 5.26 Å². The molecule has 1 saturated carbocycles. The lowest BCUT2D eigenvalue weighted by molar-refractivity contribution is -0.0409. The van der Waals surface area contributed by atoms with Gasteiger partial charge in [0.1, 0.15) is 17.6 Å². The van der Waals surface area contributed by atoms with E-state index in [0.29, 0.717) is 11.3 Å². The number of hydrogen-bond donors (Lipinski definition) is 1. The molecule has 1 fully saturated rings. The first-order valence-electron chi connectivity index (χ1n) is 7.33. The Kier molecular flexibility index (Phi) is 3.50. The van der Waals surface area contributed by atoms with Gasteiger partial charge < -0.3 is 9.67 Å². The second-order valence-electron chi connectivity index (χ2n) is 6.38. The summed E-state index contributed by atoms with van der Waals surface area (Å²) in [7, 11) is 0. The third-order valence-electron chi connectivity index (χ3n) is 4.82. The van der Waals surface area contributed by atoms with E-state index in [1.54, 1.807) is 22.8 Å². The van der Waals surface area contributed by atoms with Crippen molar-refractivity contribution in [3.63, 3.8) is 0 Å². The first kappa shape index (κ1) is 14.7. The van der Waals surface area contributed by atoms with Crippen molar-refractivity contribution in [3.05, 3.63) is 53.9 Å². The molecule has 5 heteroatoms. The molecule has 1 unspecified atom stereocenters. The van der Waals surface area contributed by atoms with Crippen LogP contribution in [0.4, 0.5) is 4.39 Å². The van der Waals surface area contributed by atoms with Gasteiger partial charge in [0, 0.05) is 6.42 Å². The number of aliphatic hydroxyl groups is 1. The molecule has 0 aliphatic heterocycles. The zero-order valence-corrected chi connectivity index (χ0v) is 12.5. The molecule has 114 valence electrons. The molecule has 0 bridgehead atoms. The third kappa shape index (κ3) is 2.51. The van der Waals surface area contributed by atoms with Crippen molar-refractivity contribution in [3.8, 4) is 6.07 Å². The molecule has 3 rings (SSSR count). The lowest BCUT2D eigenvalue weighted by Gasteiger charge is -2.35. The Morgan fingerprint density at radius 2 is 2.18 bits per heavy atom. The van der Waals surface area contributed by atoms with Crippen molar-refractivity contribution in [2.75, 3.05) is 0 Å². The minimum Gasteiger partial charge on any atom is -0.387 e. The average Bonchev–Trinajstić information content (AvgIpc) is 3.10. The normalized spacial score (nSPS) is 18.5. The van der Waals surface area contributed by atoms with E-state index in [9.17, 15) is 9.50 Å². The van der Waals surface area contributed by atoms with Crippen LogP contribution in [0.3, 0.4) is 0 Å². The molecule has 1 aliphatic rings. The van der Waals surface area contributed by atoms with Gasteiger partial charge in [0.25, 0.3) is 0 Å². The van der Waals surface area contributed by atoms with E-state index >= 15 is 0 Å². The number of aromatic nitrogens is 2. The molecule has 0 radical (unpaired) electrons. The van der Waals surface area contributed by atoms with Crippen molar-refractivity contribution >= 4 is 0 Å². The van der Waals surface area contributed by atoms with Crippen molar-refractivity contribution in [1.29, 1.82) is 5.26 Å². The maximum atomic E-state index is 14.0. The Labute approximate surface area is 128 Å². The molecule has 0 spiro atoms. The summed E-state index contributed by atoms with van der Waals surface area (Å²) in [6, 6.07) is 8.57. The largest absolute Gasteiger partial charge is 0.387 e. The van der Waals surface area contributed by atoms with E-state index in [0.717, 1.165) is 12.8 Å². The predicted octanol–water partition coefficient (Wildman–Crippen LogP) is 2.67. The van der Waals surface area contributed by atoms with Gasteiger partial charge in [-0.15, -0.1) is 0 Å². The van der Waals surface area contributed by atoms with Crippen LogP contribution in [0, 0.1) is 22.6 Å². The fourth-order valence-corrected chi connectivity index (χ4v) is 2.89. The molecule has 1 atom stereocenters. The minimum atomic E-state index is -1.11. The van der Waals surface area contributed by atoms with Crippen LogP contribution in [-0.2, 0) is 13.0 Å². The Balaban J connectivity index is 1.93. The summed E-state index contributed by atoms with van der Waals surface area (Å²) >= 11 is 0. The topological polar surface area (TPSA) is 61.8 Å². The Morgan fingerprint density at radius 1 is 1.45 bits per heavy atom. The number of benzene rings is 1. The van der Waals surface area contributed by atoms with Gasteiger partial charge >= 0.3 is 0 Å². The van der Waals surface area contributed by atoms with Gasteiger partial charge in [0.15, 0.2) is 0 Å². The molecule has 0 amide bonds. The number of hydrogen-bond acceptors (Lipinski definition) is 3. The highest BCUT2D eigenvalue weighted by Crippen LogP contribution is 2.55. The summed E-state index contributed by atoms with van der Waals surface area (Å²) in [5, 5.41) is 20.4. The first-order valence-corrected chi connectivity index (χ1v) is 7.33. The van der Waals surface area contributed by atoms with Gasteiger partial charge in [-0.2, -0.15) is 5.26 Å². The van der Waals surface area contributed by atoms with Crippen LogP contribution in [-0.4, -0.2) is 20.3 Å². The van der Waals surface area contributed by atoms with Crippen molar-refractivity contribution in [2.24, 2.45) is 5.41 Å². The van der Waals surface area contributed by atoms with E-state index in [1.165, 1.54) is 18.6 Å². The van der Waals surface area contributed by atoms with Crippen LogP contribution < -0.4 is 0 Å². The van der Waals surface area contributed by atoms with Crippen molar-refractivity contribution in [1.82, 2.24) is 9.55 Å². The molecule has 1 aromatic carbocycles. The molecule has 4 nitrogen and oxygen atoms in total. The van der Waals surface area contributed by atoms with Crippen LogP contribution in [0.2, 0.25) is 0 Å². The van der Waals surface area contributed by atoms with E-state index in [2.05, 4.69) is 11.1 Å². The Bertz CT molecular complexity index is 724. The van der Waals surface area contributed by atoms with Gasteiger partial charge in [-0.1, -0.05) is 25.1 Å². The second kappa shape index (κ2) is 5.22. The number of nitriles is 1. The van der Waals surface area contributed by atoms with Crippen LogP contribution in [0.15, 0.2) is 36.8 Å².